The van der Waals surface area contributed by atoms with Crippen molar-refractivity contribution >= 4 is 29.0 Å². The van der Waals surface area contributed by atoms with Crippen LogP contribution in [0.15, 0.2) is 53.0 Å². The summed E-state index contributed by atoms with van der Waals surface area (Å²) in [6.45, 7) is 0.765. The Morgan fingerprint density at radius 1 is 1.25 bits per heavy atom. The van der Waals surface area contributed by atoms with Crippen LogP contribution in [0.2, 0.25) is 0 Å². The predicted octanol–water partition coefficient (Wildman–Crippen LogP) is 3.16. The molecule has 5 nitrogen and oxygen atoms in total. The molecule has 0 bridgehead atoms. The van der Waals surface area contributed by atoms with E-state index in [0.29, 0.717) is 17.9 Å². The molecule has 124 valence electrons. The monoisotopic (exact) mass is 358 g/mol. The molecule has 0 amide bonds. The highest BCUT2D eigenvalue weighted by atomic mass is 32.2. The van der Waals surface area contributed by atoms with E-state index < -0.39 is 0 Å². The summed E-state index contributed by atoms with van der Waals surface area (Å²) < 4.78 is 0. The van der Waals surface area contributed by atoms with Crippen molar-refractivity contribution < 1.29 is 0 Å². The number of rotatable bonds is 8. The molecule has 3 rings (SSSR count). The Balaban J connectivity index is 1.47. The zero-order valence-electron chi connectivity index (χ0n) is 13.1. The van der Waals surface area contributed by atoms with Crippen LogP contribution in [0.4, 0.5) is 5.95 Å². The SMILES string of the molecule is O=c1[nH]c(NCCSCc2cccs2)ncc1Cc1cccnc1. The lowest BCUT2D eigenvalue weighted by atomic mass is 10.1. The molecule has 0 spiro atoms. The van der Waals surface area contributed by atoms with Gasteiger partial charge in [0.25, 0.3) is 5.56 Å². The molecular weight excluding hydrogens is 340 g/mol. The first-order valence-electron chi connectivity index (χ1n) is 7.62. The molecule has 0 aromatic carbocycles. The molecule has 3 aromatic heterocycles. The fraction of sp³-hybridized carbons (Fsp3) is 0.235. The van der Waals surface area contributed by atoms with Crippen LogP contribution in [0.5, 0.6) is 0 Å². The minimum absolute atomic E-state index is 0.109. The van der Waals surface area contributed by atoms with Crippen molar-refractivity contribution in [3.8, 4) is 0 Å². The summed E-state index contributed by atoms with van der Waals surface area (Å²) in [7, 11) is 0. The minimum Gasteiger partial charge on any atom is -0.355 e. The van der Waals surface area contributed by atoms with Crippen LogP contribution in [0, 0.1) is 0 Å². The van der Waals surface area contributed by atoms with Gasteiger partial charge in [-0.25, -0.2) is 4.98 Å². The molecule has 3 aromatic rings. The number of thioether (sulfide) groups is 1. The summed E-state index contributed by atoms with van der Waals surface area (Å²) in [4.78, 5) is 24.7. The van der Waals surface area contributed by atoms with E-state index in [2.05, 4.69) is 37.8 Å². The second kappa shape index (κ2) is 8.65. The number of H-pyrrole nitrogens is 1. The highest BCUT2D eigenvalue weighted by Crippen LogP contribution is 2.16. The fourth-order valence-electron chi connectivity index (χ4n) is 2.17. The van der Waals surface area contributed by atoms with Gasteiger partial charge in [-0.3, -0.25) is 14.8 Å². The van der Waals surface area contributed by atoms with E-state index in [-0.39, 0.29) is 5.56 Å². The number of pyridine rings is 1. The average Bonchev–Trinajstić information content (AvgIpc) is 3.11. The van der Waals surface area contributed by atoms with Gasteiger partial charge in [0.15, 0.2) is 0 Å². The maximum atomic E-state index is 12.1. The number of anilines is 1. The maximum absolute atomic E-state index is 12.1. The third-order valence-corrected chi connectivity index (χ3v) is 5.42. The van der Waals surface area contributed by atoms with Crippen molar-refractivity contribution in [3.63, 3.8) is 0 Å². The van der Waals surface area contributed by atoms with Crippen LogP contribution >= 0.6 is 23.1 Å². The summed E-state index contributed by atoms with van der Waals surface area (Å²) in [5, 5.41) is 5.25. The molecule has 0 aliphatic rings. The van der Waals surface area contributed by atoms with Gasteiger partial charge in [-0.15, -0.1) is 11.3 Å². The summed E-state index contributed by atoms with van der Waals surface area (Å²) in [5.41, 5.74) is 1.53. The first kappa shape index (κ1) is 16.7. The van der Waals surface area contributed by atoms with Gasteiger partial charge >= 0.3 is 0 Å². The van der Waals surface area contributed by atoms with Crippen molar-refractivity contribution in [1.29, 1.82) is 0 Å². The van der Waals surface area contributed by atoms with Crippen molar-refractivity contribution in [1.82, 2.24) is 15.0 Å². The second-order valence-corrected chi connectivity index (χ2v) is 7.32. The van der Waals surface area contributed by atoms with Gasteiger partial charge in [0.05, 0.1) is 0 Å². The van der Waals surface area contributed by atoms with Crippen LogP contribution in [-0.2, 0) is 12.2 Å². The van der Waals surface area contributed by atoms with Crippen molar-refractivity contribution in [2.45, 2.75) is 12.2 Å². The summed E-state index contributed by atoms with van der Waals surface area (Å²) in [6, 6.07) is 8.02. The van der Waals surface area contributed by atoms with Crippen LogP contribution < -0.4 is 10.9 Å². The molecule has 0 saturated carbocycles. The normalized spacial score (nSPS) is 10.7. The summed E-state index contributed by atoms with van der Waals surface area (Å²) in [6.07, 6.45) is 5.64. The largest absolute Gasteiger partial charge is 0.355 e. The number of nitrogens with one attached hydrogen (secondary N) is 2. The predicted molar refractivity (Wildman–Crippen MR) is 101 cm³/mol. The van der Waals surface area contributed by atoms with E-state index in [1.165, 1.54) is 4.88 Å². The highest BCUT2D eigenvalue weighted by Gasteiger charge is 2.04. The van der Waals surface area contributed by atoms with Gasteiger partial charge in [0.1, 0.15) is 0 Å². The van der Waals surface area contributed by atoms with Gasteiger partial charge in [0.2, 0.25) is 5.95 Å². The standard InChI is InChI=1S/C17H18N4OS2/c22-16-14(9-13-3-1-5-18-10-13)11-20-17(21-16)19-6-8-23-12-15-4-2-7-24-15/h1-5,7,10-11H,6,8-9,12H2,(H2,19,20,21,22). The van der Waals surface area contributed by atoms with E-state index in [4.69, 9.17) is 0 Å². The number of hydrogen-bond acceptors (Lipinski definition) is 6. The first-order chi connectivity index (χ1) is 11.8. The third kappa shape index (κ3) is 4.94. The number of aromatic nitrogens is 3. The molecule has 0 atom stereocenters. The van der Waals surface area contributed by atoms with E-state index in [1.54, 1.807) is 29.9 Å². The van der Waals surface area contributed by atoms with Crippen molar-refractivity contribution in [2.24, 2.45) is 0 Å². The number of nitrogens with zero attached hydrogens (tertiary/aromatic N) is 2. The van der Waals surface area contributed by atoms with Gasteiger partial charge in [0, 0.05) is 53.5 Å². The lowest BCUT2D eigenvalue weighted by molar-refractivity contribution is 1.00. The number of thiophene rings is 1. The lowest BCUT2D eigenvalue weighted by Gasteiger charge is -2.06. The van der Waals surface area contributed by atoms with E-state index in [9.17, 15) is 4.79 Å². The topological polar surface area (TPSA) is 70.7 Å². The van der Waals surface area contributed by atoms with Crippen LogP contribution in [0.25, 0.3) is 0 Å². The van der Waals surface area contributed by atoms with Crippen molar-refractivity contribution in [2.75, 3.05) is 17.6 Å². The molecule has 0 saturated heterocycles. The molecule has 2 N–H and O–H groups in total. The van der Waals surface area contributed by atoms with E-state index in [1.807, 2.05) is 23.9 Å². The molecule has 0 fully saturated rings. The molecule has 3 heterocycles. The first-order valence-corrected chi connectivity index (χ1v) is 9.66. The highest BCUT2D eigenvalue weighted by molar-refractivity contribution is 7.98. The zero-order chi connectivity index (χ0) is 16.6. The fourth-order valence-corrected chi connectivity index (χ4v) is 3.87. The summed E-state index contributed by atoms with van der Waals surface area (Å²) >= 11 is 3.64. The minimum atomic E-state index is -0.109. The Kier molecular flexibility index (Phi) is 6.03. The average molecular weight is 358 g/mol. The van der Waals surface area contributed by atoms with Gasteiger partial charge < -0.3 is 5.32 Å². The Hall–Kier alpha value is -2.12. The molecule has 0 aliphatic carbocycles. The molecule has 7 heteroatoms. The molecule has 0 aliphatic heterocycles. The van der Waals surface area contributed by atoms with Crippen LogP contribution in [-0.4, -0.2) is 27.2 Å². The van der Waals surface area contributed by atoms with Crippen LogP contribution in [0.1, 0.15) is 16.0 Å². The van der Waals surface area contributed by atoms with Gasteiger partial charge in [-0.2, -0.15) is 11.8 Å². The van der Waals surface area contributed by atoms with E-state index in [0.717, 1.165) is 23.6 Å². The van der Waals surface area contributed by atoms with Crippen molar-refractivity contribution in [3.05, 3.63) is 74.6 Å². The van der Waals surface area contributed by atoms with Crippen LogP contribution in [0.3, 0.4) is 0 Å². The molecule has 0 radical (unpaired) electrons. The molecule has 0 unspecified atom stereocenters. The Bertz CT molecular complexity index is 803. The lowest BCUT2D eigenvalue weighted by Crippen LogP contribution is -2.18. The number of aromatic amines is 1. The Labute approximate surface area is 148 Å². The molecular formula is C17H18N4OS2. The Morgan fingerprint density at radius 3 is 2.96 bits per heavy atom. The molecule has 24 heavy (non-hydrogen) atoms. The number of hydrogen-bond donors (Lipinski definition) is 2. The summed E-state index contributed by atoms with van der Waals surface area (Å²) in [5.74, 6) is 2.50. The third-order valence-electron chi connectivity index (χ3n) is 3.35. The van der Waals surface area contributed by atoms with Gasteiger partial charge in [-0.05, 0) is 23.1 Å². The van der Waals surface area contributed by atoms with Gasteiger partial charge in [-0.1, -0.05) is 12.1 Å². The second-order valence-electron chi connectivity index (χ2n) is 5.18. The zero-order valence-corrected chi connectivity index (χ0v) is 14.7. The van der Waals surface area contributed by atoms with E-state index >= 15 is 0 Å². The smallest absolute Gasteiger partial charge is 0.255 e. The Morgan fingerprint density at radius 2 is 2.21 bits per heavy atom. The quantitative estimate of drug-likeness (QED) is 0.605. The maximum Gasteiger partial charge on any atom is 0.255 e.